The van der Waals surface area contributed by atoms with E-state index in [2.05, 4.69) is 5.32 Å². The van der Waals surface area contributed by atoms with Gasteiger partial charge in [0, 0.05) is 18.8 Å². The molecule has 1 aromatic rings. The second-order valence-electron chi connectivity index (χ2n) is 5.55. The lowest BCUT2D eigenvalue weighted by atomic mass is 10.2. The molecular weight excluding hydrogens is 314 g/mol. The van der Waals surface area contributed by atoms with E-state index in [1.165, 1.54) is 4.90 Å². The van der Waals surface area contributed by atoms with Crippen molar-refractivity contribution in [2.75, 3.05) is 37.7 Å². The Kier molecular flexibility index (Phi) is 4.93. The zero-order valence-electron chi connectivity index (χ0n) is 12.9. The van der Waals surface area contributed by atoms with Crippen LogP contribution in [0.15, 0.2) is 24.3 Å². The standard InChI is InChI=1S/C16H17N3O5/c17-5-11-1-3-12(4-2-11)19-8-14(24-16(19)21)9-23-15(20)10-22-13-6-18-7-13/h1-4,13-14,18H,6-10H2. The lowest BCUT2D eigenvalue weighted by molar-refractivity contribution is -0.154. The molecule has 0 radical (unpaired) electrons. The molecule has 2 heterocycles. The van der Waals surface area contributed by atoms with Crippen molar-refractivity contribution in [2.45, 2.75) is 12.2 Å². The van der Waals surface area contributed by atoms with Crippen molar-refractivity contribution in [3.8, 4) is 6.07 Å². The lowest BCUT2D eigenvalue weighted by Crippen LogP contribution is -2.49. The molecule has 1 unspecified atom stereocenters. The van der Waals surface area contributed by atoms with Crippen LogP contribution >= 0.6 is 0 Å². The van der Waals surface area contributed by atoms with Crippen LogP contribution in [0.3, 0.4) is 0 Å². The highest BCUT2D eigenvalue weighted by molar-refractivity contribution is 5.89. The maximum atomic E-state index is 11.9. The van der Waals surface area contributed by atoms with Gasteiger partial charge in [0.25, 0.3) is 0 Å². The molecule has 24 heavy (non-hydrogen) atoms. The second-order valence-corrected chi connectivity index (χ2v) is 5.55. The topological polar surface area (TPSA) is 101 Å². The molecule has 2 fully saturated rings. The summed E-state index contributed by atoms with van der Waals surface area (Å²) in [7, 11) is 0. The van der Waals surface area contributed by atoms with Crippen molar-refractivity contribution in [3.05, 3.63) is 29.8 Å². The highest BCUT2D eigenvalue weighted by Gasteiger charge is 2.33. The monoisotopic (exact) mass is 331 g/mol. The van der Waals surface area contributed by atoms with Gasteiger partial charge in [-0.05, 0) is 24.3 Å². The Morgan fingerprint density at radius 2 is 2.12 bits per heavy atom. The molecule has 0 spiro atoms. The minimum Gasteiger partial charge on any atom is -0.460 e. The van der Waals surface area contributed by atoms with Crippen LogP contribution in [-0.4, -0.2) is 57.1 Å². The molecule has 2 saturated heterocycles. The average molecular weight is 331 g/mol. The summed E-state index contributed by atoms with van der Waals surface area (Å²) in [5.41, 5.74) is 1.15. The Bertz CT molecular complexity index is 651. The molecule has 2 aliphatic heterocycles. The van der Waals surface area contributed by atoms with Gasteiger partial charge >= 0.3 is 12.1 Å². The van der Waals surface area contributed by atoms with Crippen LogP contribution in [0.5, 0.6) is 0 Å². The minimum atomic E-state index is -0.525. The number of carbonyl (C=O) groups excluding carboxylic acids is 2. The highest BCUT2D eigenvalue weighted by atomic mass is 16.6. The van der Waals surface area contributed by atoms with Gasteiger partial charge in [0.2, 0.25) is 0 Å². The van der Waals surface area contributed by atoms with Crippen LogP contribution < -0.4 is 10.2 Å². The molecule has 8 heteroatoms. The average Bonchev–Trinajstić information content (AvgIpc) is 2.92. The van der Waals surface area contributed by atoms with E-state index in [0.29, 0.717) is 11.3 Å². The number of amides is 1. The number of carbonyl (C=O) groups is 2. The van der Waals surface area contributed by atoms with Crippen LogP contribution in [0.25, 0.3) is 0 Å². The zero-order chi connectivity index (χ0) is 16.9. The quantitative estimate of drug-likeness (QED) is 0.754. The van der Waals surface area contributed by atoms with Crippen molar-refractivity contribution in [1.82, 2.24) is 5.32 Å². The summed E-state index contributed by atoms with van der Waals surface area (Å²) in [6.07, 6.45) is -0.964. The summed E-state index contributed by atoms with van der Waals surface area (Å²) in [6.45, 7) is 1.65. The number of anilines is 1. The fourth-order valence-corrected chi connectivity index (χ4v) is 2.33. The van der Waals surface area contributed by atoms with E-state index < -0.39 is 18.2 Å². The first-order valence-corrected chi connectivity index (χ1v) is 7.62. The molecule has 1 N–H and O–H groups in total. The smallest absolute Gasteiger partial charge is 0.414 e. The third kappa shape index (κ3) is 3.82. The number of hydrogen-bond acceptors (Lipinski definition) is 7. The molecule has 126 valence electrons. The molecule has 1 aromatic carbocycles. The van der Waals surface area contributed by atoms with Crippen LogP contribution in [0.4, 0.5) is 10.5 Å². The molecule has 2 aliphatic rings. The largest absolute Gasteiger partial charge is 0.460 e. The molecule has 1 atom stereocenters. The van der Waals surface area contributed by atoms with Gasteiger partial charge < -0.3 is 19.5 Å². The summed E-state index contributed by atoms with van der Waals surface area (Å²) in [5, 5.41) is 11.8. The molecule has 0 aliphatic carbocycles. The van der Waals surface area contributed by atoms with E-state index in [0.717, 1.165) is 13.1 Å². The molecule has 3 rings (SSSR count). The molecule has 0 aromatic heterocycles. The second kappa shape index (κ2) is 7.29. The maximum Gasteiger partial charge on any atom is 0.414 e. The van der Waals surface area contributed by atoms with Gasteiger partial charge in [-0.15, -0.1) is 0 Å². The number of nitriles is 1. The van der Waals surface area contributed by atoms with E-state index in [1.807, 2.05) is 6.07 Å². The summed E-state index contributed by atoms with van der Waals surface area (Å²) in [4.78, 5) is 24.9. The Labute approximate surface area is 138 Å². The molecule has 0 saturated carbocycles. The Hall–Kier alpha value is -2.63. The lowest BCUT2D eigenvalue weighted by Gasteiger charge is -2.26. The van der Waals surface area contributed by atoms with Crippen molar-refractivity contribution in [2.24, 2.45) is 0 Å². The third-order valence-corrected chi connectivity index (χ3v) is 3.79. The van der Waals surface area contributed by atoms with E-state index >= 15 is 0 Å². The van der Waals surface area contributed by atoms with Gasteiger partial charge in [-0.3, -0.25) is 4.90 Å². The number of benzene rings is 1. The molecule has 0 bridgehead atoms. The highest BCUT2D eigenvalue weighted by Crippen LogP contribution is 2.22. The van der Waals surface area contributed by atoms with Crippen molar-refractivity contribution >= 4 is 17.7 Å². The van der Waals surface area contributed by atoms with Crippen molar-refractivity contribution in [3.63, 3.8) is 0 Å². The SMILES string of the molecule is N#Cc1ccc(N2CC(COC(=O)COC3CNC3)OC2=O)cc1. The van der Waals surface area contributed by atoms with Gasteiger partial charge in [0.15, 0.2) is 6.10 Å². The van der Waals surface area contributed by atoms with Crippen LogP contribution in [-0.2, 0) is 19.0 Å². The first-order valence-electron chi connectivity index (χ1n) is 7.62. The van der Waals surface area contributed by atoms with E-state index in [1.54, 1.807) is 24.3 Å². The predicted molar refractivity (Wildman–Crippen MR) is 82.3 cm³/mol. The molecule has 8 nitrogen and oxygen atoms in total. The third-order valence-electron chi connectivity index (χ3n) is 3.79. The number of esters is 1. The fourth-order valence-electron chi connectivity index (χ4n) is 2.33. The number of nitrogens with one attached hydrogen (secondary N) is 1. The molecular formula is C16H17N3O5. The first-order chi connectivity index (χ1) is 11.7. The number of rotatable bonds is 6. The number of cyclic esters (lactones) is 1. The number of ether oxygens (including phenoxy) is 3. The normalized spacial score (nSPS) is 20.2. The number of hydrogen-bond donors (Lipinski definition) is 1. The zero-order valence-corrected chi connectivity index (χ0v) is 12.9. The predicted octanol–water partition coefficient (Wildman–Crippen LogP) is 0.415. The van der Waals surface area contributed by atoms with Crippen LogP contribution in [0, 0.1) is 11.3 Å². The van der Waals surface area contributed by atoms with E-state index in [-0.39, 0.29) is 25.9 Å². The van der Waals surface area contributed by atoms with Gasteiger partial charge in [0.1, 0.15) is 13.2 Å². The Morgan fingerprint density at radius 1 is 1.38 bits per heavy atom. The fraction of sp³-hybridized carbons (Fsp3) is 0.438. The number of nitrogens with zero attached hydrogens (tertiary/aromatic N) is 2. The van der Waals surface area contributed by atoms with Gasteiger partial charge in [-0.2, -0.15) is 5.26 Å². The van der Waals surface area contributed by atoms with E-state index in [9.17, 15) is 9.59 Å². The Balaban J connectivity index is 1.45. The Morgan fingerprint density at radius 3 is 2.75 bits per heavy atom. The van der Waals surface area contributed by atoms with Crippen molar-refractivity contribution < 1.29 is 23.8 Å². The summed E-state index contributed by atoms with van der Waals surface area (Å²) >= 11 is 0. The van der Waals surface area contributed by atoms with E-state index in [4.69, 9.17) is 19.5 Å². The van der Waals surface area contributed by atoms with Gasteiger partial charge in [-0.25, -0.2) is 9.59 Å². The van der Waals surface area contributed by atoms with Crippen LogP contribution in [0.2, 0.25) is 0 Å². The minimum absolute atomic E-state index is 0.0103. The first kappa shape index (κ1) is 16.2. The van der Waals surface area contributed by atoms with Gasteiger partial charge in [0.05, 0.1) is 24.3 Å². The summed E-state index contributed by atoms with van der Waals surface area (Å²) in [5.74, 6) is -0.477. The maximum absolute atomic E-state index is 11.9. The van der Waals surface area contributed by atoms with Gasteiger partial charge in [-0.1, -0.05) is 0 Å². The summed E-state index contributed by atoms with van der Waals surface area (Å²) < 4.78 is 15.6. The van der Waals surface area contributed by atoms with Crippen LogP contribution in [0.1, 0.15) is 5.56 Å². The van der Waals surface area contributed by atoms with Crippen molar-refractivity contribution in [1.29, 1.82) is 5.26 Å². The summed E-state index contributed by atoms with van der Waals surface area (Å²) in [6, 6.07) is 8.62. The molecule has 1 amide bonds.